The van der Waals surface area contributed by atoms with Gasteiger partial charge in [0.25, 0.3) is 0 Å². The number of carbonyl (C=O) groups excluding carboxylic acids is 1. The lowest BCUT2D eigenvalue weighted by atomic mass is 9.46. The van der Waals surface area contributed by atoms with Crippen molar-refractivity contribution in [2.45, 2.75) is 105 Å². The zero-order valence-electron chi connectivity index (χ0n) is 21.9. The van der Waals surface area contributed by atoms with E-state index in [1.165, 1.54) is 19.3 Å². The van der Waals surface area contributed by atoms with E-state index in [1.54, 1.807) is 0 Å². The lowest BCUT2D eigenvalue weighted by Gasteiger charge is -2.58. The van der Waals surface area contributed by atoms with Crippen molar-refractivity contribution < 1.29 is 19.7 Å². The zero-order valence-corrected chi connectivity index (χ0v) is 21.9. The van der Waals surface area contributed by atoms with Gasteiger partial charge in [-0.3, -0.25) is 4.79 Å². The lowest BCUT2D eigenvalue weighted by Crippen LogP contribution is -2.52. The average molecular weight is 457 g/mol. The summed E-state index contributed by atoms with van der Waals surface area (Å²) in [5.74, 6) is 0.995. The summed E-state index contributed by atoms with van der Waals surface area (Å²) in [7, 11) is 0. The molecule has 3 unspecified atom stereocenters. The molecule has 0 saturated heterocycles. The zero-order chi connectivity index (χ0) is 24.8. The van der Waals surface area contributed by atoms with Gasteiger partial charge in [0, 0.05) is 17.4 Å². The monoisotopic (exact) mass is 456 g/mol. The van der Waals surface area contributed by atoms with Crippen molar-refractivity contribution in [3.8, 4) is 11.5 Å². The highest BCUT2D eigenvalue weighted by Crippen LogP contribution is 2.65. The number of fused-ring (bicyclic) bond motifs is 1. The summed E-state index contributed by atoms with van der Waals surface area (Å²) in [5.41, 5.74) is 0.736. The van der Waals surface area contributed by atoms with Crippen LogP contribution >= 0.6 is 0 Å². The minimum absolute atomic E-state index is 0.0665. The first kappa shape index (κ1) is 25.6. The minimum atomic E-state index is -0.588. The largest absolute Gasteiger partial charge is 0.507 e. The quantitative estimate of drug-likeness (QED) is 0.312. The maximum absolute atomic E-state index is 12.6. The second kappa shape index (κ2) is 9.00. The number of ether oxygens (including phenoxy) is 1. The third-order valence-corrected chi connectivity index (χ3v) is 8.19. The van der Waals surface area contributed by atoms with E-state index in [4.69, 9.17) is 4.74 Å². The molecule has 3 aliphatic carbocycles. The number of hydrogen-bond acceptors (Lipinski definition) is 4. The van der Waals surface area contributed by atoms with E-state index in [2.05, 4.69) is 34.6 Å². The molecule has 2 bridgehead atoms. The lowest BCUT2D eigenvalue weighted by molar-refractivity contribution is -0.154. The number of unbranched alkanes of at least 4 members (excludes halogenated alkanes) is 3. The van der Waals surface area contributed by atoms with Gasteiger partial charge >= 0.3 is 5.97 Å². The summed E-state index contributed by atoms with van der Waals surface area (Å²) < 4.78 is 5.87. The Bertz CT molecular complexity index is 893. The summed E-state index contributed by atoms with van der Waals surface area (Å²) in [6.07, 6.45) is 8.66. The molecule has 0 aromatic heterocycles. The van der Waals surface area contributed by atoms with Crippen LogP contribution in [0.15, 0.2) is 24.0 Å². The Balaban J connectivity index is 1.92. The topological polar surface area (TPSA) is 66.8 Å². The third kappa shape index (κ3) is 4.95. The molecule has 3 aliphatic rings. The number of phenols is 2. The van der Waals surface area contributed by atoms with Gasteiger partial charge in [0.2, 0.25) is 0 Å². The summed E-state index contributed by atoms with van der Waals surface area (Å²) >= 11 is 0. The van der Waals surface area contributed by atoms with Gasteiger partial charge in [0.15, 0.2) is 0 Å². The Morgan fingerprint density at radius 1 is 1.06 bits per heavy atom. The first-order valence-electron chi connectivity index (χ1n) is 12.7. The number of hydrogen-bond donors (Lipinski definition) is 2. The van der Waals surface area contributed by atoms with Gasteiger partial charge in [0.1, 0.15) is 17.3 Å². The summed E-state index contributed by atoms with van der Waals surface area (Å²) in [6.45, 7) is 16.5. The van der Waals surface area contributed by atoms with Crippen LogP contribution in [-0.2, 0) is 14.9 Å². The van der Waals surface area contributed by atoms with Crippen molar-refractivity contribution >= 4 is 5.97 Å². The van der Waals surface area contributed by atoms with Crippen molar-refractivity contribution in [1.82, 2.24) is 0 Å². The fraction of sp³-hybridized carbons (Fsp3) is 0.690. The van der Waals surface area contributed by atoms with Gasteiger partial charge in [0.05, 0.1) is 5.41 Å². The Labute approximate surface area is 200 Å². The van der Waals surface area contributed by atoms with Crippen LogP contribution in [-0.4, -0.2) is 16.2 Å². The van der Waals surface area contributed by atoms with Crippen LogP contribution in [0.5, 0.6) is 11.5 Å². The molecule has 0 spiro atoms. The van der Waals surface area contributed by atoms with Crippen molar-refractivity contribution in [1.29, 1.82) is 0 Å². The molecule has 0 heterocycles. The Morgan fingerprint density at radius 2 is 1.67 bits per heavy atom. The molecule has 0 aliphatic heterocycles. The van der Waals surface area contributed by atoms with E-state index in [9.17, 15) is 15.0 Å². The van der Waals surface area contributed by atoms with Crippen LogP contribution in [0.1, 0.15) is 111 Å². The molecule has 4 nitrogen and oxygen atoms in total. The second-order valence-corrected chi connectivity index (χ2v) is 12.6. The number of aromatic hydroxyl groups is 2. The molecule has 33 heavy (non-hydrogen) atoms. The highest BCUT2D eigenvalue weighted by atomic mass is 16.5. The van der Waals surface area contributed by atoms with Crippen LogP contribution in [0, 0.1) is 22.7 Å². The number of allylic oxidation sites excluding steroid dienone is 2. The molecular formula is C29H44O4. The second-order valence-electron chi connectivity index (χ2n) is 12.6. The summed E-state index contributed by atoms with van der Waals surface area (Å²) in [5, 5.41) is 22.2. The molecule has 3 atom stereocenters. The number of rotatable bonds is 8. The van der Waals surface area contributed by atoms with Gasteiger partial charge in [-0.2, -0.15) is 0 Å². The fourth-order valence-corrected chi connectivity index (χ4v) is 5.60. The van der Waals surface area contributed by atoms with Gasteiger partial charge in [-0.25, -0.2) is 0 Å². The standard InChI is InChI=1S/C29H44O4/c1-9-10-11-12-13-28(5,6)18-14-22(30)25(23(31)15-18)19-16-24(33-26(32)27(2,3)4)21-17-20(19)29(21,7)8/h14-16,19-21,30-31H,9-13,17H2,1-8H3. The van der Waals surface area contributed by atoms with Crippen LogP contribution in [0.2, 0.25) is 0 Å². The first-order chi connectivity index (χ1) is 15.2. The molecule has 2 N–H and O–H groups in total. The molecular weight excluding hydrogens is 412 g/mol. The molecule has 0 radical (unpaired) electrons. The predicted molar refractivity (Wildman–Crippen MR) is 133 cm³/mol. The van der Waals surface area contributed by atoms with Crippen LogP contribution < -0.4 is 0 Å². The van der Waals surface area contributed by atoms with Crippen molar-refractivity contribution in [3.63, 3.8) is 0 Å². The molecule has 184 valence electrons. The van der Waals surface area contributed by atoms with E-state index < -0.39 is 5.41 Å². The Morgan fingerprint density at radius 3 is 2.18 bits per heavy atom. The van der Waals surface area contributed by atoms with Crippen molar-refractivity contribution in [2.24, 2.45) is 22.7 Å². The third-order valence-electron chi connectivity index (χ3n) is 8.19. The number of phenolic OH excluding ortho intramolecular Hbond substituents is 2. The smallest absolute Gasteiger partial charge is 0.316 e. The molecule has 1 fully saturated rings. The van der Waals surface area contributed by atoms with Crippen molar-refractivity contribution in [3.05, 3.63) is 35.1 Å². The van der Waals surface area contributed by atoms with E-state index in [-0.39, 0.29) is 46.1 Å². The maximum Gasteiger partial charge on any atom is 0.316 e. The molecule has 0 amide bonds. The normalized spacial score (nSPS) is 24.1. The van der Waals surface area contributed by atoms with Gasteiger partial charge in [-0.05, 0) is 74.1 Å². The van der Waals surface area contributed by atoms with Crippen LogP contribution in [0.3, 0.4) is 0 Å². The van der Waals surface area contributed by atoms with Crippen LogP contribution in [0.25, 0.3) is 0 Å². The number of carbonyl (C=O) groups is 1. The predicted octanol–water partition coefficient (Wildman–Crippen LogP) is 7.58. The molecule has 1 aromatic carbocycles. The highest BCUT2D eigenvalue weighted by molar-refractivity contribution is 5.76. The van der Waals surface area contributed by atoms with E-state index in [1.807, 2.05) is 39.0 Å². The first-order valence-corrected chi connectivity index (χ1v) is 12.7. The maximum atomic E-state index is 12.6. The summed E-state index contributed by atoms with van der Waals surface area (Å²) in [4.78, 5) is 12.6. The SMILES string of the molecule is CCCCCCC(C)(C)c1cc(O)c(C2C=C(OC(=O)C(C)(C)C)C3CC2C3(C)C)c(O)c1. The number of benzene rings is 1. The fourth-order valence-electron chi connectivity index (χ4n) is 5.60. The minimum Gasteiger partial charge on any atom is -0.507 e. The Kier molecular flexibility index (Phi) is 6.99. The van der Waals surface area contributed by atoms with Crippen molar-refractivity contribution in [2.75, 3.05) is 0 Å². The summed E-state index contributed by atoms with van der Waals surface area (Å²) in [6, 6.07) is 3.67. The Hall–Kier alpha value is -1.97. The van der Waals surface area contributed by atoms with Gasteiger partial charge in [-0.1, -0.05) is 60.3 Å². The van der Waals surface area contributed by atoms with E-state index in [0.29, 0.717) is 11.3 Å². The van der Waals surface area contributed by atoms with Gasteiger partial charge < -0.3 is 14.9 Å². The molecule has 4 rings (SSSR count). The molecule has 4 heteroatoms. The average Bonchev–Trinajstić information content (AvgIpc) is 2.69. The van der Waals surface area contributed by atoms with E-state index in [0.717, 1.165) is 24.8 Å². The highest BCUT2D eigenvalue weighted by Gasteiger charge is 2.57. The molecule has 1 saturated carbocycles. The number of esters is 1. The van der Waals surface area contributed by atoms with Gasteiger partial charge in [-0.15, -0.1) is 0 Å². The van der Waals surface area contributed by atoms with E-state index >= 15 is 0 Å². The molecule has 1 aromatic rings. The van der Waals surface area contributed by atoms with Crippen LogP contribution in [0.4, 0.5) is 0 Å².